The monoisotopic (exact) mass is 481 g/mol. The molecule has 1 fully saturated rings. The molecule has 2 heterocycles. The van der Waals surface area contributed by atoms with Gasteiger partial charge in [0.05, 0.1) is 11.4 Å². The van der Waals surface area contributed by atoms with E-state index in [1.165, 1.54) is 30.3 Å². The van der Waals surface area contributed by atoms with Crippen molar-refractivity contribution in [1.29, 1.82) is 0 Å². The number of halogens is 1. The Bertz CT molecular complexity index is 1040. The van der Waals surface area contributed by atoms with Crippen LogP contribution in [0.2, 0.25) is 5.02 Å². The molecule has 1 aromatic heterocycles. The number of benzene rings is 1. The number of hydrogen-bond acceptors (Lipinski definition) is 5. The fourth-order valence-electron chi connectivity index (χ4n) is 3.51. The lowest BCUT2D eigenvalue weighted by Gasteiger charge is -2.28. The molecule has 0 bridgehead atoms. The predicted octanol–water partition coefficient (Wildman–Crippen LogP) is 3.32. The topological polar surface area (TPSA) is 109 Å². The standard InChI is InChI=1S/C22H28ClN3O5S/c1-2-3-13-25-22(28)20-12-9-17(31-20)15-26(19-6-4-5-14-24-21(19)27)32(29,30)18-10-7-16(23)8-11-18/h7-12,19H,2-6,13-15H2,1H3,(H,24,27)(H,25,28)/t19-/m1/s1. The fourth-order valence-corrected chi connectivity index (χ4v) is 5.22. The highest BCUT2D eigenvalue weighted by atomic mass is 35.5. The van der Waals surface area contributed by atoms with Crippen LogP contribution in [0.4, 0.5) is 0 Å². The van der Waals surface area contributed by atoms with Crippen molar-refractivity contribution in [1.82, 2.24) is 14.9 Å². The van der Waals surface area contributed by atoms with E-state index >= 15 is 0 Å². The zero-order valence-electron chi connectivity index (χ0n) is 18.0. The molecule has 0 aliphatic carbocycles. The third-order valence-electron chi connectivity index (χ3n) is 5.29. The van der Waals surface area contributed by atoms with Crippen molar-refractivity contribution in [2.45, 2.75) is 56.5 Å². The molecule has 1 aromatic carbocycles. The molecule has 174 valence electrons. The molecule has 8 nitrogen and oxygen atoms in total. The largest absolute Gasteiger partial charge is 0.455 e. The molecule has 1 atom stereocenters. The zero-order valence-corrected chi connectivity index (χ0v) is 19.5. The van der Waals surface area contributed by atoms with Gasteiger partial charge in [-0.2, -0.15) is 4.31 Å². The minimum Gasteiger partial charge on any atom is -0.455 e. The molecule has 2 N–H and O–H groups in total. The van der Waals surface area contributed by atoms with E-state index in [-0.39, 0.29) is 34.8 Å². The van der Waals surface area contributed by atoms with Gasteiger partial charge in [-0.15, -0.1) is 0 Å². The van der Waals surface area contributed by atoms with Crippen LogP contribution >= 0.6 is 11.6 Å². The van der Waals surface area contributed by atoms with Crippen LogP contribution in [-0.2, 0) is 21.4 Å². The van der Waals surface area contributed by atoms with Crippen LogP contribution in [0.25, 0.3) is 0 Å². The fraction of sp³-hybridized carbons (Fsp3) is 0.455. The number of carbonyl (C=O) groups is 2. The van der Waals surface area contributed by atoms with Crippen LogP contribution in [-0.4, -0.2) is 43.7 Å². The van der Waals surface area contributed by atoms with Gasteiger partial charge in [-0.1, -0.05) is 24.9 Å². The minimum absolute atomic E-state index is 0.0306. The van der Waals surface area contributed by atoms with Gasteiger partial charge in [-0.05, 0) is 62.1 Å². The quantitative estimate of drug-likeness (QED) is 0.534. The van der Waals surface area contributed by atoms with E-state index in [0.29, 0.717) is 31.0 Å². The van der Waals surface area contributed by atoms with E-state index in [0.717, 1.165) is 23.6 Å². The van der Waals surface area contributed by atoms with Crippen molar-refractivity contribution < 1.29 is 22.4 Å². The number of rotatable bonds is 9. The highest BCUT2D eigenvalue weighted by Crippen LogP contribution is 2.26. The normalized spacial score (nSPS) is 17.1. The molecule has 0 spiro atoms. The maximum absolute atomic E-state index is 13.5. The van der Waals surface area contributed by atoms with Gasteiger partial charge in [0, 0.05) is 18.1 Å². The SMILES string of the molecule is CCCCNC(=O)c1ccc(CN([C@@H]2CCCCNC2=O)S(=O)(=O)c2ccc(Cl)cc2)o1. The molecule has 0 saturated carbocycles. The van der Waals surface area contributed by atoms with E-state index < -0.39 is 16.1 Å². The Kier molecular flexibility index (Phi) is 8.33. The maximum Gasteiger partial charge on any atom is 0.286 e. The molecular weight excluding hydrogens is 454 g/mol. The van der Waals surface area contributed by atoms with Crippen LogP contribution in [0.3, 0.4) is 0 Å². The Morgan fingerprint density at radius 3 is 2.69 bits per heavy atom. The second kappa shape index (κ2) is 11.0. The van der Waals surface area contributed by atoms with Crippen molar-refractivity contribution in [2.75, 3.05) is 13.1 Å². The number of sulfonamides is 1. The van der Waals surface area contributed by atoms with Gasteiger partial charge in [-0.3, -0.25) is 9.59 Å². The molecule has 1 aliphatic rings. The molecule has 10 heteroatoms. The summed E-state index contributed by atoms with van der Waals surface area (Å²) in [4.78, 5) is 25.0. The van der Waals surface area contributed by atoms with Crippen LogP contribution in [0.15, 0.2) is 45.7 Å². The molecule has 3 rings (SSSR count). The number of amides is 2. The van der Waals surface area contributed by atoms with Gasteiger partial charge < -0.3 is 15.1 Å². The zero-order chi connectivity index (χ0) is 23.1. The summed E-state index contributed by atoms with van der Waals surface area (Å²) in [6.45, 7) is 2.89. The second-order valence-corrected chi connectivity index (χ2v) is 10.0. The Labute approximate surface area is 193 Å². The highest BCUT2D eigenvalue weighted by Gasteiger charge is 2.37. The lowest BCUT2D eigenvalue weighted by Crippen LogP contribution is -2.48. The predicted molar refractivity (Wildman–Crippen MR) is 121 cm³/mol. The maximum atomic E-state index is 13.5. The Morgan fingerprint density at radius 2 is 1.97 bits per heavy atom. The molecule has 1 saturated heterocycles. The average molecular weight is 482 g/mol. The van der Waals surface area contributed by atoms with Gasteiger partial charge >= 0.3 is 0 Å². The number of carbonyl (C=O) groups excluding carboxylic acids is 2. The van der Waals surface area contributed by atoms with Gasteiger partial charge in [-0.25, -0.2) is 8.42 Å². The van der Waals surface area contributed by atoms with E-state index in [1.54, 1.807) is 6.07 Å². The van der Waals surface area contributed by atoms with Crippen LogP contribution in [0.1, 0.15) is 55.3 Å². The van der Waals surface area contributed by atoms with Crippen LogP contribution < -0.4 is 10.6 Å². The summed E-state index contributed by atoms with van der Waals surface area (Å²) >= 11 is 5.92. The first kappa shape index (κ1) is 24.3. The van der Waals surface area contributed by atoms with E-state index in [9.17, 15) is 18.0 Å². The number of nitrogens with zero attached hydrogens (tertiary/aromatic N) is 1. The van der Waals surface area contributed by atoms with Crippen molar-refractivity contribution in [3.8, 4) is 0 Å². The first-order valence-electron chi connectivity index (χ1n) is 10.7. The number of furan rings is 1. The smallest absolute Gasteiger partial charge is 0.286 e. The molecule has 0 radical (unpaired) electrons. The molecule has 2 amide bonds. The number of nitrogens with one attached hydrogen (secondary N) is 2. The first-order chi connectivity index (χ1) is 15.3. The summed E-state index contributed by atoms with van der Waals surface area (Å²) in [7, 11) is -4.04. The number of hydrogen-bond donors (Lipinski definition) is 2. The molecule has 0 unspecified atom stereocenters. The van der Waals surface area contributed by atoms with E-state index in [4.69, 9.17) is 16.0 Å². The Hall–Kier alpha value is -2.36. The molecule has 1 aliphatic heterocycles. The summed E-state index contributed by atoms with van der Waals surface area (Å²) in [5.74, 6) is -0.321. The third-order valence-corrected chi connectivity index (χ3v) is 7.41. The van der Waals surface area contributed by atoms with Crippen LogP contribution in [0.5, 0.6) is 0 Å². The average Bonchev–Trinajstić information content (AvgIpc) is 3.14. The third kappa shape index (κ3) is 5.90. The van der Waals surface area contributed by atoms with Gasteiger partial charge in [0.15, 0.2) is 5.76 Å². The van der Waals surface area contributed by atoms with Gasteiger partial charge in [0.1, 0.15) is 11.8 Å². The summed E-state index contributed by atoms with van der Waals surface area (Å²) in [5, 5.41) is 5.96. The summed E-state index contributed by atoms with van der Waals surface area (Å²) in [6, 6.07) is 7.99. The Balaban J connectivity index is 1.89. The van der Waals surface area contributed by atoms with E-state index in [1.807, 2.05) is 6.92 Å². The van der Waals surface area contributed by atoms with Crippen molar-refractivity contribution in [2.24, 2.45) is 0 Å². The summed E-state index contributed by atoms with van der Waals surface area (Å²) < 4.78 is 33.8. The molecule has 32 heavy (non-hydrogen) atoms. The second-order valence-electron chi connectivity index (χ2n) is 7.68. The Morgan fingerprint density at radius 1 is 1.22 bits per heavy atom. The lowest BCUT2D eigenvalue weighted by molar-refractivity contribution is -0.124. The summed E-state index contributed by atoms with van der Waals surface area (Å²) in [5.41, 5.74) is 0. The van der Waals surface area contributed by atoms with Crippen molar-refractivity contribution in [3.05, 3.63) is 52.9 Å². The first-order valence-corrected chi connectivity index (χ1v) is 12.6. The number of unbranched alkanes of at least 4 members (excludes halogenated alkanes) is 1. The van der Waals surface area contributed by atoms with Crippen LogP contribution in [0, 0.1) is 0 Å². The van der Waals surface area contributed by atoms with Gasteiger partial charge in [0.25, 0.3) is 5.91 Å². The van der Waals surface area contributed by atoms with Crippen molar-refractivity contribution in [3.63, 3.8) is 0 Å². The molecular formula is C22H28ClN3O5S. The lowest BCUT2D eigenvalue weighted by atomic mass is 10.1. The van der Waals surface area contributed by atoms with Gasteiger partial charge in [0.2, 0.25) is 15.9 Å². The van der Waals surface area contributed by atoms with E-state index in [2.05, 4.69) is 10.6 Å². The minimum atomic E-state index is -4.04. The summed E-state index contributed by atoms with van der Waals surface area (Å²) in [6.07, 6.45) is 3.68. The van der Waals surface area contributed by atoms with Crippen molar-refractivity contribution >= 4 is 33.4 Å². The molecule has 2 aromatic rings. The highest BCUT2D eigenvalue weighted by molar-refractivity contribution is 7.89.